The van der Waals surface area contributed by atoms with Crippen molar-refractivity contribution in [3.63, 3.8) is 0 Å². The quantitative estimate of drug-likeness (QED) is 0.369. The van der Waals surface area contributed by atoms with Crippen LogP contribution in [0.1, 0.15) is 46.5 Å². The fraction of sp³-hybridized carbons (Fsp3) is 0.222. The van der Waals surface area contributed by atoms with Crippen LogP contribution in [0.2, 0.25) is 0 Å². The lowest BCUT2D eigenvalue weighted by Gasteiger charge is -2.12. The summed E-state index contributed by atoms with van der Waals surface area (Å²) >= 11 is 0. The van der Waals surface area contributed by atoms with Crippen molar-refractivity contribution in [1.29, 1.82) is 0 Å². The van der Waals surface area contributed by atoms with E-state index in [9.17, 15) is 14.4 Å². The van der Waals surface area contributed by atoms with Crippen LogP contribution in [0.3, 0.4) is 0 Å². The van der Waals surface area contributed by atoms with Crippen LogP contribution in [0.5, 0.6) is 0 Å². The molecule has 176 valence electrons. The molecule has 3 amide bonds. The van der Waals surface area contributed by atoms with Gasteiger partial charge in [-0.05, 0) is 80.9 Å². The third-order valence-corrected chi connectivity index (χ3v) is 5.30. The summed E-state index contributed by atoms with van der Waals surface area (Å²) in [6.07, 6.45) is 0.859. The van der Waals surface area contributed by atoms with Crippen molar-refractivity contribution >= 4 is 34.8 Å². The second kappa shape index (κ2) is 11.7. The Morgan fingerprint density at radius 2 is 1.38 bits per heavy atom. The number of rotatable bonds is 9. The van der Waals surface area contributed by atoms with Gasteiger partial charge in [-0.2, -0.15) is 0 Å². The molecule has 1 unspecified atom stereocenters. The standard InChI is InChI=1S/C27H30N4O3/c1-4-19(3)29-26(33)20-8-10-23(11-9-20)30-25(32)17-28-22-12-14-24(15-13-22)31-27(34)21-7-5-6-18(2)16-21/h5-16,19,28H,4,17H2,1-3H3,(H,29,33)(H,30,32)(H,31,34). The van der Waals surface area contributed by atoms with E-state index in [2.05, 4.69) is 21.3 Å². The molecule has 4 N–H and O–H groups in total. The van der Waals surface area contributed by atoms with Crippen LogP contribution in [-0.4, -0.2) is 30.3 Å². The molecular formula is C27H30N4O3. The van der Waals surface area contributed by atoms with Crippen LogP contribution in [-0.2, 0) is 4.79 Å². The summed E-state index contributed by atoms with van der Waals surface area (Å²) in [5.74, 6) is -0.520. The highest BCUT2D eigenvalue weighted by molar-refractivity contribution is 6.04. The van der Waals surface area contributed by atoms with E-state index in [0.717, 1.165) is 17.7 Å². The molecule has 3 aromatic carbocycles. The highest BCUT2D eigenvalue weighted by Gasteiger charge is 2.09. The summed E-state index contributed by atoms with van der Waals surface area (Å²) in [4.78, 5) is 36.8. The first-order valence-electron chi connectivity index (χ1n) is 11.3. The van der Waals surface area contributed by atoms with Gasteiger partial charge in [0, 0.05) is 34.2 Å². The van der Waals surface area contributed by atoms with Crippen LogP contribution in [0.15, 0.2) is 72.8 Å². The molecule has 3 rings (SSSR count). The zero-order valence-corrected chi connectivity index (χ0v) is 19.6. The third-order valence-electron chi connectivity index (χ3n) is 5.30. The molecule has 0 heterocycles. The molecule has 0 aliphatic carbocycles. The van der Waals surface area contributed by atoms with E-state index in [-0.39, 0.29) is 30.3 Å². The number of benzene rings is 3. The molecule has 0 aliphatic heterocycles. The van der Waals surface area contributed by atoms with Gasteiger partial charge < -0.3 is 21.3 Å². The van der Waals surface area contributed by atoms with Gasteiger partial charge in [-0.25, -0.2) is 0 Å². The Balaban J connectivity index is 1.46. The number of aryl methyl sites for hydroxylation is 1. The SMILES string of the molecule is CCC(C)NC(=O)c1ccc(NC(=O)CNc2ccc(NC(=O)c3cccc(C)c3)cc2)cc1. The van der Waals surface area contributed by atoms with Crippen molar-refractivity contribution in [3.8, 4) is 0 Å². The van der Waals surface area contributed by atoms with Crippen molar-refractivity contribution in [3.05, 3.63) is 89.5 Å². The fourth-order valence-electron chi connectivity index (χ4n) is 3.16. The van der Waals surface area contributed by atoms with E-state index >= 15 is 0 Å². The summed E-state index contributed by atoms with van der Waals surface area (Å²) in [5.41, 5.74) is 4.20. The predicted octanol–water partition coefficient (Wildman–Crippen LogP) is 4.83. The van der Waals surface area contributed by atoms with E-state index in [1.54, 1.807) is 54.6 Å². The van der Waals surface area contributed by atoms with Crippen LogP contribution in [0.4, 0.5) is 17.1 Å². The molecule has 0 saturated carbocycles. The highest BCUT2D eigenvalue weighted by Crippen LogP contribution is 2.15. The first kappa shape index (κ1) is 24.5. The topological polar surface area (TPSA) is 99.3 Å². The van der Waals surface area contributed by atoms with Gasteiger partial charge in [-0.3, -0.25) is 14.4 Å². The van der Waals surface area contributed by atoms with Crippen molar-refractivity contribution in [2.45, 2.75) is 33.2 Å². The summed E-state index contributed by atoms with van der Waals surface area (Å²) in [5, 5.41) is 11.6. The maximum absolute atomic E-state index is 12.4. The van der Waals surface area contributed by atoms with E-state index in [0.29, 0.717) is 22.5 Å². The normalized spacial score (nSPS) is 11.3. The van der Waals surface area contributed by atoms with E-state index in [4.69, 9.17) is 0 Å². The van der Waals surface area contributed by atoms with Crippen LogP contribution in [0, 0.1) is 6.92 Å². The molecule has 34 heavy (non-hydrogen) atoms. The van der Waals surface area contributed by atoms with Gasteiger partial charge in [0.1, 0.15) is 0 Å². The second-order valence-corrected chi connectivity index (χ2v) is 8.16. The Morgan fingerprint density at radius 3 is 2.03 bits per heavy atom. The van der Waals surface area contributed by atoms with Crippen LogP contribution >= 0.6 is 0 Å². The summed E-state index contributed by atoms with van der Waals surface area (Å²) < 4.78 is 0. The average Bonchev–Trinajstić information content (AvgIpc) is 2.84. The number of nitrogens with one attached hydrogen (secondary N) is 4. The molecule has 0 radical (unpaired) electrons. The van der Waals surface area contributed by atoms with Crippen molar-refractivity contribution < 1.29 is 14.4 Å². The second-order valence-electron chi connectivity index (χ2n) is 8.16. The molecule has 0 saturated heterocycles. The lowest BCUT2D eigenvalue weighted by atomic mass is 10.1. The molecule has 0 spiro atoms. The minimum Gasteiger partial charge on any atom is -0.376 e. The monoisotopic (exact) mass is 458 g/mol. The molecule has 7 heteroatoms. The van der Waals surface area contributed by atoms with Crippen molar-refractivity contribution in [2.24, 2.45) is 0 Å². The summed E-state index contributed by atoms with van der Waals surface area (Å²) in [6, 6.07) is 21.4. The molecule has 0 aromatic heterocycles. The number of anilines is 3. The Bertz CT molecular complexity index is 1140. The number of hydrogen-bond donors (Lipinski definition) is 4. The summed E-state index contributed by atoms with van der Waals surface area (Å²) in [6.45, 7) is 5.98. The van der Waals surface area contributed by atoms with E-state index < -0.39 is 0 Å². The Labute approximate surface area is 200 Å². The van der Waals surface area contributed by atoms with Gasteiger partial charge in [0.25, 0.3) is 11.8 Å². The molecule has 1 atom stereocenters. The number of hydrogen-bond acceptors (Lipinski definition) is 4. The molecule has 0 fully saturated rings. The Morgan fingerprint density at radius 1 is 0.765 bits per heavy atom. The van der Waals surface area contributed by atoms with Gasteiger partial charge in [0.15, 0.2) is 0 Å². The van der Waals surface area contributed by atoms with Crippen molar-refractivity contribution in [1.82, 2.24) is 5.32 Å². The predicted molar refractivity (Wildman–Crippen MR) is 136 cm³/mol. The van der Waals surface area contributed by atoms with Crippen molar-refractivity contribution in [2.75, 3.05) is 22.5 Å². The molecular weight excluding hydrogens is 428 g/mol. The van der Waals surface area contributed by atoms with E-state index in [1.165, 1.54) is 0 Å². The van der Waals surface area contributed by atoms with E-state index in [1.807, 2.05) is 39.0 Å². The van der Waals surface area contributed by atoms with Crippen LogP contribution < -0.4 is 21.3 Å². The molecule has 7 nitrogen and oxygen atoms in total. The third kappa shape index (κ3) is 7.20. The zero-order valence-electron chi connectivity index (χ0n) is 19.6. The minimum atomic E-state index is -0.214. The molecule has 0 bridgehead atoms. The lowest BCUT2D eigenvalue weighted by molar-refractivity contribution is -0.114. The minimum absolute atomic E-state index is 0.0747. The first-order valence-corrected chi connectivity index (χ1v) is 11.3. The van der Waals surface area contributed by atoms with Gasteiger partial charge >= 0.3 is 0 Å². The fourth-order valence-corrected chi connectivity index (χ4v) is 3.16. The largest absolute Gasteiger partial charge is 0.376 e. The average molecular weight is 459 g/mol. The van der Waals surface area contributed by atoms with Crippen LogP contribution in [0.25, 0.3) is 0 Å². The zero-order chi connectivity index (χ0) is 24.5. The van der Waals surface area contributed by atoms with Gasteiger partial charge in [-0.15, -0.1) is 0 Å². The highest BCUT2D eigenvalue weighted by atomic mass is 16.2. The number of carbonyl (C=O) groups is 3. The summed E-state index contributed by atoms with van der Waals surface area (Å²) in [7, 11) is 0. The Hall–Kier alpha value is -4.13. The number of carbonyl (C=O) groups excluding carboxylic acids is 3. The maximum Gasteiger partial charge on any atom is 0.255 e. The first-order chi connectivity index (χ1) is 16.3. The lowest BCUT2D eigenvalue weighted by Crippen LogP contribution is -2.31. The van der Waals surface area contributed by atoms with Gasteiger partial charge in [-0.1, -0.05) is 24.6 Å². The molecule has 3 aromatic rings. The maximum atomic E-state index is 12.4. The van der Waals surface area contributed by atoms with Gasteiger partial charge in [0.2, 0.25) is 5.91 Å². The van der Waals surface area contributed by atoms with Gasteiger partial charge in [0.05, 0.1) is 6.54 Å². The Kier molecular flexibility index (Phi) is 8.40. The number of amides is 3. The smallest absolute Gasteiger partial charge is 0.255 e. The molecule has 0 aliphatic rings.